The molecule has 1 aromatic heterocycles. The molecule has 0 radical (unpaired) electrons. The minimum absolute atomic E-state index is 0.124. The molecule has 0 saturated heterocycles. The number of rotatable bonds is 12. The number of hydrogen-bond acceptors (Lipinski definition) is 7. The van der Waals surface area contributed by atoms with Gasteiger partial charge in [-0.25, -0.2) is 13.9 Å². The van der Waals surface area contributed by atoms with Gasteiger partial charge in [-0.2, -0.15) is 4.98 Å². The average molecular weight is 525 g/mol. The van der Waals surface area contributed by atoms with Crippen LogP contribution in [0, 0.1) is 5.82 Å². The molecule has 1 N–H and O–H groups in total. The predicted octanol–water partition coefficient (Wildman–Crippen LogP) is 6.52. The number of aromatic nitrogens is 3. The van der Waals surface area contributed by atoms with Gasteiger partial charge in [0, 0.05) is 17.0 Å². The number of halogens is 1. The third-order valence-electron chi connectivity index (χ3n) is 6.06. The lowest BCUT2D eigenvalue weighted by Gasteiger charge is -2.28. The molecule has 3 aromatic rings. The summed E-state index contributed by atoms with van der Waals surface area (Å²) in [5, 5.41) is 8.65. The van der Waals surface area contributed by atoms with Gasteiger partial charge >= 0.3 is 5.97 Å². The summed E-state index contributed by atoms with van der Waals surface area (Å²) >= 11 is 1.60. The molecule has 1 atom stereocenters. The van der Waals surface area contributed by atoms with Crippen molar-refractivity contribution in [2.45, 2.75) is 64.3 Å². The summed E-state index contributed by atoms with van der Waals surface area (Å²) in [6, 6.07) is 13.5. The van der Waals surface area contributed by atoms with Gasteiger partial charge in [-0.05, 0) is 43.5 Å². The predicted molar refractivity (Wildman–Crippen MR) is 143 cm³/mol. The smallest absolute Gasteiger partial charge is 0.338 e. The van der Waals surface area contributed by atoms with Gasteiger partial charge in [0.15, 0.2) is 0 Å². The Kier molecular flexibility index (Phi) is 9.22. The summed E-state index contributed by atoms with van der Waals surface area (Å²) in [4.78, 5) is 17.9. The van der Waals surface area contributed by atoms with E-state index < -0.39 is 6.04 Å². The van der Waals surface area contributed by atoms with Crippen molar-refractivity contribution < 1.29 is 18.7 Å². The summed E-state index contributed by atoms with van der Waals surface area (Å²) in [7, 11) is 0. The molecule has 4 rings (SSSR count). The first-order valence-corrected chi connectivity index (χ1v) is 13.7. The number of allylic oxidation sites excluding steroid dienone is 1. The van der Waals surface area contributed by atoms with E-state index in [1.807, 2.05) is 31.2 Å². The Bertz CT molecular complexity index is 1240. The van der Waals surface area contributed by atoms with Crippen LogP contribution in [0.15, 0.2) is 65.0 Å². The van der Waals surface area contributed by atoms with Crippen molar-refractivity contribution in [3.05, 3.63) is 76.7 Å². The number of unbranched alkanes of at least 4 members (excludes halogenated alkanes) is 2. The summed E-state index contributed by atoms with van der Waals surface area (Å²) in [6.45, 7) is 6.55. The van der Waals surface area contributed by atoms with Crippen molar-refractivity contribution in [1.29, 1.82) is 0 Å². The SMILES string of the molecule is CCCCOC(=O)C1=C(C)Nc2nc(SCCCC)nn2C1c1ccc(OCc2ccccc2F)cc1. The van der Waals surface area contributed by atoms with Crippen molar-refractivity contribution in [3.63, 3.8) is 0 Å². The maximum Gasteiger partial charge on any atom is 0.338 e. The van der Waals surface area contributed by atoms with E-state index in [-0.39, 0.29) is 18.4 Å². The van der Waals surface area contributed by atoms with Gasteiger partial charge in [-0.3, -0.25) is 0 Å². The third-order valence-corrected chi connectivity index (χ3v) is 6.99. The number of nitrogens with one attached hydrogen (secondary N) is 1. The first-order valence-electron chi connectivity index (χ1n) is 12.7. The molecular formula is C28H33FN4O3S. The molecule has 196 valence electrons. The molecule has 1 unspecified atom stereocenters. The Morgan fingerprint density at radius 1 is 1.11 bits per heavy atom. The fourth-order valence-corrected chi connectivity index (χ4v) is 4.90. The zero-order chi connectivity index (χ0) is 26.2. The van der Waals surface area contributed by atoms with Crippen molar-refractivity contribution in [2.75, 3.05) is 17.7 Å². The van der Waals surface area contributed by atoms with Crippen molar-refractivity contribution in [1.82, 2.24) is 14.8 Å². The molecule has 2 aromatic carbocycles. The molecule has 0 aliphatic carbocycles. The summed E-state index contributed by atoms with van der Waals surface area (Å²) in [5.41, 5.74) is 2.52. The van der Waals surface area contributed by atoms with E-state index in [1.165, 1.54) is 6.07 Å². The molecule has 0 amide bonds. The fraction of sp³-hybridized carbons (Fsp3) is 0.393. The van der Waals surface area contributed by atoms with Gasteiger partial charge in [-0.1, -0.05) is 68.8 Å². The van der Waals surface area contributed by atoms with Crippen molar-refractivity contribution >= 4 is 23.7 Å². The number of nitrogens with zero attached hydrogens (tertiary/aromatic N) is 3. The molecule has 2 heterocycles. The highest BCUT2D eigenvalue weighted by molar-refractivity contribution is 7.99. The fourth-order valence-electron chi connectivity index (χ4n) is 3.98. The van der Waals surface area contributed by atoms with Crippen molar-refractivity contribution in [2.24, 2.45) is 0 Å². The highest BCUT2D eigenvalue weighted by Crippen LogP contribution is 2.37. The standard InChI is InChI=1S/C28H33FN4O3S/c1-4-6-16-35-26(34)24-19(3)30-27-31-28(37-17-7-5-2)32-33(27)25(24)20-12-14-22(15-13-20)36-18-21-10-8-9-11-23(21)29/h8-15,25H,4-7,16-18H2,1-3H3,(H,30,31,32). The minimum atomic E-state index is -0.501. The normalized spacial score (nSPS) is 14.8. The molecule has 1 aliphatic heterocycles. The van der Waals surface area contributed by atoms with Gasteiger partial charge in [0.2, 0.25) is 11.1 Å². The first-order chi connectivity index (χ1) is 18.0. The van der Waals surface area contributed by atoms with Crippen LogP contribution in [0.1, 0.15) is 63.6 Å². The molecule has 0 fully saturated rings. The maximum absolute atomic E-state index is 14.0. The molecular weight excluding hydrogens is 491 g/mol. The third kappa shape index (κ3) is 6.52. The van der Waals surface area contributed by atoms with Crippen LogP contribution in [0.5, 0.6) is 5.75 Å². The van der Waals surface area contributed by atoms with Gasteiger partial charge in [-0.15, -0.1) is 5.10 Å². The zero-order valence-electron chi connectivity index (χ0n) is 21.5. The molecule has 9 heteroatoms. The van der Waals surface area contributed by atoms with Crippen LogP contribution in [0.25, 0.3) is 0 Å². The first kappa shape index (κ1) is 26.7. The number of esters is 1. The largest absolute Gasteiger partial charge is 0.489 e. The second-order valence-corrected chi connectivity index (χ2v) is 9.93. The number of benzene rings is 2. The van der Waals surface area contributed by atoms with Gasteiger partial charge in [0.05, 0.1) is 12.2 Å². The Morgan fingerprint density at radius 2 is 1.86 bits per heavy atom. The van der Waals surface area contributed by atoms with Crippen molar-refractivity contribution in [3.8, 4) is 5.75 Å². The highest BCUT2D eigenvalue weighted by Gasteiger charge is 2.35. The van der Waals surface area contributed by atoms with Crippen LogP contribution in [0.3, 0.4) is 0 Å². The van der Waals surface area contributed by atoms with E-state index in [9.17, 15) is 9.18 Å². The summed E-state index contributed by atoms with van der Waals surface area (Å²) in [6.07, 6.45) is 3.91. The van der Waals surface area contributed by atoms with E-state index in [0.29, 0.717) is 40.3 Å². The van der Waals surface area contributed by atoms with E-state index in [0.717, 1.165) is 37.0 Å². The van der Waals surface area contributed by atoms with Crippen LogP contribution < -0.4 is 10.1 Å². The number of fused-ring (bicyclic) bond motifs is 1. The van der Waals surface area contributed by atoms with E-state index in [2.05, 4.69) is 24.1 Å². The number of anilines is 1. The number of carbonyl (C=O) groups is 1. The van der Waals surface area contributed by atoms with E-state index in [4.69, 9.17) is 14.6 Å². The number of carbonyl (C=O) groups excluding carboxylic acids is 1. The van der Waals surface area contributed by atoms with Crippen LogP contribution >= 0.6 is 11.8 Å². The van der Waals surface area contributed by atoms with Gasteiger partial charge in [0.1, 0.15) is 24.2 Å². The lowest BCUT2D eigenvalue weighted by molar-refractivity contribution is -0.139. The lowest BCUT2D eigenvalue weighted by atomic mass is 9.96. The highest BCUT2D eigenvalue weighted by atomic mass is 32.2. The molecule has 0 bridgehead atoms. The van der Waals surface area contributed by atoms with Gasteiger partial charge in [0.25, 0.3) is 0 Å². The maximum atomic E-state index is 14.0. The number of thioether (sulfide) groups is 1. The molecule has 7 nitrogen and oxygen atoms in total. The number of hydrogen-bond donors (Lipinski definition) is 1. The topological polar surface area (TPSA) is 78.3 Å². The van der Waals surface area contributed by atoms with E-state index in [1.54, 1.807) is 34.6 Å². The molecule has 1 aliphatic rings. The molecule has 37 heavy (non-hydrogen) atoms. The Hall–Kier alpha value is -3.33. The van der Waals surface area contributed by atoms with Gasteiger partial charge < -0.3 is 14.8 Å². The summed E-state index contributed by atoms with van der Waals surface area (Å²) in [5.74, 6) is 1.45. The Labute approximate surface area is 221 Å². The van der Waals surface area contributed by atoms with Crippen LogP contribution in [0.4, 0.5) is 10.3 Å². The quantitative estimate of drug-likeness (QED) is 0.164. The lowest BCUT2D eigenvalue weighted by Crippen LogP contribution is -2.29. The second-order valence-electron chi connectivity index (χ2n) is 8.87. The van der Waals surface area contributed by atoms with Crippen LogP contribution in [-0.2, 0) is 16.1 Å². The second kappa shape index (κ2) is 12.8. The summed E-state index contributed by atoms with van der Waals surface area (Å²) < 4.78 is 27.1. The van der Waals surface area contributed by atoms with Crippen LogP contribution in [0.2, 0.25) is 0 Å². The average Bonchev–Trinajstić information content (AvgIpc) is 3.30. The van der Waals surface area contributed by atoms with Crippen LogP contribution in [-0.4, -0.2) is 33.1 Å². The zero-order valence-corrected chi connectivity index (χ0v) is 22.3. The Morgan fingerprint density at radius 3 is 2.59 bits per heavy atom. The monoisotopic (exact) mass is 524 g/mol. The molecule has 0 spiro atoms. The van der Waals surface area contributed by atoms with E-state index >= 15 is 0 Å². The minimum Gasteiger partial charge on any atom is -0.489 e. The molecule has 0 saturated carbocycles. The number of ether oxygens (including phenoxy) is 2. The Balaban J connectivity index is 1.60.